The zero-order valence-corrected chi connectivity index (χ0v) is 13.1. The predicted molar refractivity (Wildman–Crippen MR) is 84.3 cm³/mol. The maximum atomic E-state index is 12.7. The standard InChI is InChI=1S/C18H19F3N2O/c19-18(20,21)15-3-1-14(2-4-15)17-11-16(24)12-23(17)10-7-13-5-8-22-9-6-13/h1-6,8-9,16-17,24H,7,10-12H2/t16-,17+/m0/s1. The monoisotopic (exact) mass is 336 g/mol. The molecule has 0 spiro atoms. The molecule has 0 aliphatic carbocycles. The van der Waals surface area contributed by atoms with Crippen LogP contribution < -0.4 is 0 Å². The van der Waals surface area contributed by atoms with E-state index in [1.165, 1.54) is 12.1 Å². The van der Waals surface area contributed by atoms with Gasteiger partial charge in [-0.3, -0.25) is 9.88 Å². The van der Waals surface area contributed by atoms with Crippen LogP contribution in [0.2, 0.25) is 0 Å². The molecule has 1 N–H and O–H groups in total. The van der Waals surface area contributed by atoms with E-state index in [9.17, 15) is 18.3 Å². The minimum absolute atomic E-state index is 0.0517. The highest BCUT2D eigenvalue weighted by Crippen LogP contribution is 2.35. The summed E-state index contributed by atoms with van der Waals surface area (Å²) in [6.07, 6.45) is 0.0565. The first kappa shape index (κ1) is 16.9. The summed E-state index contributed by atoms with van der Waals surface area (Å²) in [7, 11) is 0. The number of hydrogen-bond acceptors (Lipinski definition) is 3. The first-order valence-corrected chi connectivity index (χ1v) is 7.91. The third-order valence-corrected chi connectivity index (χ3v) is 4.44. The summed E-state index contributed by atoms with van der Waals surface area (Å²) in [5.74, 6) is 0. The number of pyridine rings is 1. The lowest BCUT2D eigenvalue weighted by Gasteiger charge is -2.24. The molecule has 1 aromatic carbocycles. The van der Waals surface area contributed by atoms with Gasteiger partial charge in [-0.2, -0.15) is 13.2 Å². The molecule has 0 bridgehead atoms. The molecule has 0 saturated carbocycles. The molecule has 24 heavy (non-hydrogen) atoms. The number of aliphatic hydroxyl groups is 1. The number of hydrogen-bond donors (Lipinski definition) is 1. The number of aromatic nitrogens is 1. The van der Waals surface area contributed by atoms with Crippen LogP contribution in [0, 0.1) is 0 Å². The van der Waals surface area contributed by atoms with Crippen LogP contribution in [0.5, 0.6) is 0 Å². The van der Waals surface area contributed by atoms with E-state index in [1.54, 1.807) is 12.4 Å². The summed E-state index contributed by atoms with van der Waals surface area (Å²) in [6.45, 7) is 1.28. The third kappa shape index (κ3) is 3.94. The fraction of sp³-hybridized carbons (Fsp3) is 0.389. The van der Waals surface area contributed by atoms with Gasteiger partial charge in [0.1, 0.15) is 0 Å². The van der Waals surface area contributed by atoms with Gasteiger partial charge < -0.3 is 5.11 Å². The highest BCUT2D eigenvalue weighted by atomic mass is 19.4. The largest absolute Gasteiger partial charge is 0.416 e. The van der Waals surface area contributed by atoms with Gasteiger partial charge in [-0.15, -0.1) is 0 Å². The van der Waals surface area contributed by atoms with Crippen LogP contribution in [0.3, 0.4) is 0 Å². The van der Waals surface area contributed by atoms with Crippen molar-refractivity contribution in [2.24, 2.45) is 0 Å². The fourth-order valence-corrected chi connectivity index (χ4v) is 3.19. The van der Waals surface area contributed by atoms with Crippen LogP contribution in [0.4, 0.5) is 13.2 Å². The van der Waals surface area contributed by atoms with Gasteiger partial charge in [-0.25, -0.2) is 0 Å². The molecule has 1 saturated heterocycles. The second-order valence-electron chi connectivity index (χ2n) is 6.13. The Kier molecular flexibility index (Phi) is 4.87. The SMILES string of the molecule is O[C@H]1C[C@H](c2ccc(C(F)(F)F)cc2)N(CCc2ccncc2)C1. The quantitative estimate of drug-likeness (QED) is 0.929. The Hall–Kier alpha value is -1.92. The minimum atomic E-state index is -4.32. The van der Waals surface area contributed by atoms with Gasteiger partial charge in [-0.05, 0) is 48.2 Å². The first-order chi connectivity index (χ1) is 11.4. The van der Waals surface area contributed by atoms with Crippen molar-refractivity contribution in [1.29, 1.82) is 0 Å². The van der Waals surface area contributed by atoms with Crippen molar-refractivity contribution >= 4 is 0 Å². The van der Waals surface area contributed by atoms with Crippen LogP contribution >= 0.6 is 0 Å². The number of halogens is 3. The van der Waals surface area contributed by atoms with Gasteiger partial charge in [0.15, 0.2) is 0 Å². The van der Waals surface area contributed by atoms with E-state index in [-0.39, 0.29) is 6.04 Å². The average molecular weight is 336 g/mol. The zero-order chi connectivity index (χ0) is 17.2. The molecule has 0 radical (unpaired) electrons. The number of alkyl halides is 3. The van der Waals surface area contributed by atoms with E-state index in [1.807, 2.05) is 12.1 Å². The molecule has 128 valence electrons. The Bertz CT molecular complexity index is 658. The molecule has 2 aromatic rings. The van der Waals surface area contributed by atoms with E-state index in [4.69, 9.17) is 0 Å². The topological polar surface area (TPSA) is 36.4 Å². The predicted octanol–water partition coefficient (Wildman–Crippen LogP) is 3.45. The molecule has 6 heteroatoms. The Morgan fingerprint density at radius 3 is 2.38 bits per heavy atom. The molecular formula is C18H19F3N2O. The lowest BCUT2D eigenvalue weighted by molar-refractivity contribution is -0.137. The number of aliphatic hydroxyl groups excluding tert-OH is 1. The number of β-amino-alcohol motifs (C(OH)–C–C–N with tert-alkyl or cyclic N) is 1. The molecule has 3 rings (SSSR count). The van der Waals surface area contributed by atoms with Crippen LogP contribution in [-0.2, 0) is 12.6 Å². The Balaban J connectivity index is 1.70. The molecule has 2 atom stereocenters. The summed E-state index contributed by atoms with van der Waals surface area (Å²) in [5.41, 5.74) is 1.32. The third-order valence-electron chi connectivity index (χ3n) is 4.44. The molecule has 1 aromatic heterocycles. The van der Waals surface area contributed by atoms with Crippen molar-refractivity contribution < 1.29 is 18.3 Å². The summed E-state index contributed by atoms with van der Waals surface area (Å²) in [4.78, 5) is 6.11. The average Bonchev–Trinajstić information content (AvgIpc) is 2.94. The van der Waals surface area contributed by atoms with Crippen LogP contribution in [0.1, 0.15) is 29.2 Å². The molecule has 0 unspecified atom stereocenters. The Morgan fingerprint density at radius 2 is 1.75 bits per heavy atom. The zero-order valence-electron chi connectivity index (χ0n) is 13.1. The number of nitrogens with zero attached hydrogens (tertiary/aromatic N) is 2. The van der Waals surface area contributed by atoms with E-state index < -0.39 is 17.8 Å². The smallest absolute Gasteiger partial charge is 0.392 e. The maximum Gasteiger partial charge on any atom is 0.416 e. The van der Waals surface area contributed by atoms with Gasteiger partial charge in [0.2, 0.25) is 0 Å². The molecule has 1 aliphatic heterocycles. The van der Waals surface area contributed by atoms with E-state index in [0.717, 1.165) is 36.2 Å². The van der Waals surface area contributed by atoms with Gasteiger partial charge >= 0.3 is 6.18 Å². The van der Waals surface area contributed by atoms with Crippen LogP contribution in [-0.4, -0.2) is 34.2 Å². The van der Waals surface area contributed by atoms with E-state index in [2.05, 4.69) is 9.88 Å². The Morgan fingerprint density at radius 1 is 1.08 bits per heavy atom. The number of likely N-dealkylation sites (tertiary alicyclic amines) is 1. The molecule has 3 nitrogen and oxygen atoms in total. The Labute approximate surface area is 138 Å². The van der Waals surface area contributed by atoms with Crippen LogP contribution in [0.25, 0.3) is 0 Å². The van der Waals surface area contributed by atoms with Crippen molar-refractivity contribution in [3.05, 3.63) is 65.5 Å². The van der Waals surface area contributed by atoms with Crippen molar-refractivity contribution in [1.82, 2.24) is 9.88 Å². The van der Waals surface area contributed by atoms with Crippen molar-refractivity contribution in [3.8, 4) is 0 Å². The first-order valence-electron chi connectivity index (χ1n) is 7.91. The fourth-order valence-electron chi connectivity index (χ4n) is 3.19. The van der Waals surface area contributed by atoms with Crippen molar-refractivity contribution in [2.75, 3.05) is 13.1 Å². The van der Waals surface area contributed by atoms with Gasteiger partial charge in [0.25, 0.3) is 0 Å². The molecular weight excluding hydrogens is 317 g/mol. The lowest BCUT2D eigenvalue weighted by atomic mass is 10.0. The maximum absolute atomic E-state index is 12.7. The lowest BCUT2D eigenvalue weighted by Crippen LogP contribution is -2.27. The van der Waals surface area contributed by atoms with Crippen LogP contribution in [0.15, 0.2) is 48.8 Å². The van der Waals surface area contributed by atoms with E-state index in [0.29, 0.717) is 13.0 Å². The van der Waals surface area contributed by atoms with Gasteiger partial charge in [-0.1, -0.05) is 12.1 Å². The second kappa shape index (κ2) is 6.91. The highest BCUT2D eigenvalue weighted by molar-refractivity contribution is 5.27. The molecule has 2 heterocycles. The van der Waals surface area contributed by atoms with Gasteiger partial charge in [0, 0.05) is 31.5 Å². The summed E-state index contributed by atoms with van der Waals surface area (Å²) < 4.78 is 38.1. The summed E-state index contributed by atoms with van der Waals surface area (Å²) in [5, 5.41) is 9.98. The minimum Gasteiger partial charge on any atom is -0.392 e. The number of benzene rings is 1. The molecule has 1 fully saturated rings. The van der Waals surface area contributed by atoms with Gasteiger partial charge in [0.05, 0.1) is 11.7 Å². The van der Waals surface area contributed by atoms with Crippen molar-refractivity contribution in [3.63, 3.8) is 0 Å². The molecule has 0 amide bonds. The normalized spacial score (nSPS) is 22.0. The van der Waals surface area contributed by atoms with E-state index >= 15 is 0 Å². The second-order valence-corrected chi connectivity index (χ2v) is 6.13. The number of rotatable bonds is 4. The summed E-state index contributed by atoms with van der Waals surface area (Å²) in [6, 6.07) is 9.10. The summed E-state index contributed by atoms with van der Waals surface area (Å²) >= 11 is 0. The molecule has 1 aliphatic rings. The van der Waals surface area contributed by atoms with Crippen molar-refractivity contribution in [2.45, 2.75) is 31.2 Å². The highest BCUT2D eigenvalue weighted by Gasteiger charge is 2.33.